The zero-order valence-corrected chi connectivity index (χ0v) is 9.41. The van der Waals surface area contributed by atoms with Gasteiger partial charge in [0.05, 0.1) is 12.7 Å². The molecule has 0 bridgehead atoms. The topological polar surface area (TPSA) is 113 Å². The van der Waals surface area contributed by atoms with Gasteiger partial charge in [-0.15, -0.1) is 0 Å². The van der Waals surface area contributed by atoms with Gasteiger partial charge in [-0.3, -0.25) is 0 Å². The lowest BCUT2D eigenvalue weighted by Gasteiger charge is -2.11. The molecule has 0 heterocycles. The molecule has 18 heavy (non-hydrogen) atoms. The molecule has 0 spiro atoms. The van der Waals surface area contributed by atoms with Gasteiger partial charge < -0.3 is 20.3 Å². The number of benzene rings is 1. The van der Waals surface area contributed by atoms with Crippen molar-refractivity contribution in [1.82, 2.24) is 0 Å². The number of esters is 1. The van der Waals surface area contributed by atoms with Crippen molar-refractivity contribution in [2.75, 3.05) is 12.4 Å². The molecule has 7 heteroatoms. The summed E-state index contributed by atoms with van der Waals surface area (Å²) in [5.41, 5.74) is 0.558. The summed E-state index contributed by atoms with van der Waals surface area (Å²) in [6.45, 7) is 0. The quantitative estimate of drug-likeness (QED) is 0.515. The number of carboxylic acid groups (broad SMARTS) is 2. The highest BCUT2D eigenvalue weighted by atomic mass is 16.5. The monoisotopic (exact) mass is 253 g/mol. The summed E-state index contributed by atoms with van der Waals surface area (Å²) in [5.74, 6) is -3.53. The number of carboxylic acids is 2. The average molecular weight is 253 g/mol. The van der Waals surface area contributed by atoms with Gasteiger partial charge >= 0.3 is 17.9 Å². The second-order valence-corrected chi connectivity index (χ2v) is 3.32. The first-order valence-corrected chi connectivity index (χ1v) is 4.86. The normalized spacial score (nSPS) is 9.89. The van der Waals surface area contributed by atoms with Gasteiger partial charge in [0, 0.05) is 5.69 Å². The second-order valence-electron chi connectivity index (χ2n) is 3.32. The van der Waals surface area contributed by atoms with Gasteiger partial charge in [-0.05, 0) is 24.3 Å². The molecule has 0 unspecified atom stereocenters. The van der Waals surface area contributed by atoms with Gasteiger partial charge in [0.25, 0.3) is 0 Å². The standard InChI is InChI=1S/C11H11NO6/c1-18-11(17)6-2-4-7(5-3-6)12-8(9(13)14)10(15)16/h2-5,8,12H,1H3,(H,13,14)(H,15,16). The number of carbonyl (C=O) groups is 3. The molecule has 0 radical (unpaired) electrons. The first-order chi connectivity index (χ1) is 8.45. The maximum absolute atomic E-state index is 11.1. The summed E-state index contributed by atoms with van der Waals surface area (Å²) in [5, 5.41) is 19.6. The van der Waals surface area contributed by atoms with Crippen LogP contribution < -0.4 is 5.32 Å². The van der Waals surface area contributed by atoms with Gasteiger partial charge in [0.2, 0.25) is 6.04 Å². The van der Waals surface area contributed by atoms with Crippen LogP contribution in [-0.2, 0) is 14.3 Å². The minimum Gasteiger partial charge on any atom is -0.479 e. The Morgan fingerprint density at radius 1 is 1.11 bits per heavy atom. The van der Waals surface area contributed by atoms with Crippen LogP contribution in [0.1, 0.15) is 10.4 Å². The molecule has 1 aromatic carbocycles. The van der Waals surface area contributed by atoms with Crippen molar-refractivity contribution in [3.8, 4) is 0 Å². The van der Waals surface area contributed by atoms with E-state index >= 15 is 0 Å². The van der Waals surface area contributed by atoms with Crippen molar-refractivity contribution in [3.63, 3.8) is 0 Å². The zero-order valence-electron chi connectivity index (χ0n) is 9.41. The van der Waals surface area contributed by atoms with Crippen LogP contribution in [0.25, 0.3) is 0 Å². The van der Waals surface area contributed by atoms with Crippen LogP contribution in [0.15, 0.2) is 24.3 Å². The fraction of sp³-hybridized carbons (Fsp3) is 0.182. The minimum absolute atomic E-state index is 0.275. The first-order valence-electron chi connectivity index (χ1n) is 4.86. The summed E-state index contributed by atoms with van der Waals surface area (Å²) in [7, 11) is 1.24. The lowest BCUT2D eigenvalue weighted by atomic mass is 10.2. The summed E-state index contributed by atoms with van der Waals surface area (Å²) in [4.78, 5) is 32.4. The lowest BCUT2D eigenvalue weighted by molar-refractivity contribution is -0.148. The number of methoxy groups -OCH3 is 1. The maximum atomic E-state index is 11.1. The molecule has 1 rings (SSSR count). The Balaban J connectivity index is 2.83. The highest BCUT2D eigenvalue weighted by Crippen LogP contribution is 2.11. The highest BCUT2D eigenvalue weighted by molar-refractivity contribution is 6.00. The molecule has 0 saturated heterocycles. The molecule has 0 fully saturated rings. The minimum atomic E-state index is -1.74. The van der Waals surface area contributed by atoms with Gasteiger partial charge in [-0.2, -0.15) is 0 Å². The lowest BCUT2D eigenvalue weighted by Crippen LogP contribution is -2.37. The van der Waals surface area contributed by atoms with Crippen LogP contribution in [0.5, 0.6) is 0 Å². The number of aliphatic carboxylic acids is 2. The third-order valence-electron chi connectivity index (χ3n) is 2.11. The van der Waals surface area contributed by atoms with Crippen molar-refractivity contribution in [2.24, 2.45) is 0 Å². The smallest absolute Gasteiger partial charge is 0.337 e. The summed E-state index contributed by atoms with van der Waals surface area (Å²) < 4.78 is 4.49. The molecule has 7 nitrogen and oxygen atoms in total. The van der Waals surface area contributed by atoms with E-state index in [0.717, 1.165) is 0 Å². The molecule has 0 aliphatic heterocycles. The molecular formula is C11H11NO6. The van der Waals surface area contributed by atoms with E-state index in [4.69, 9.17) is 10.2 Å². The van der Waals surface area contributed by atoms with Crippen molar-refractivity contribution in [2.45, 2.75) is 6.04 Å². The number of nitrogens with one attached hydrogen (secondary N) is 1. The summed E-state index contributed by atoms with van der Waals surface area (Å²) in [6, 6.07) is 3.84. The molecule has 0 amide bonds. The van der Waals surface area contributed by atoms with Crippen molar-refractivity contribution >= 4 is 23.6 Å². The number of anilines is 1. The molecule has 1 aromatic rings. The Hall–Kier alpha value is -2.57. The zero-order chi connectivity index (χ0) is 13.7. The Labute approximate surface area is 102 Å². The molecule has 3 N–H and O–H groups in total. The van der Waals surface area contributed by atoms with Crippen molar-refractivity contribution < 1.29 is 29.3 Å². The molecule has 96 valence electrons. The first kappa shape index (κ1) is 13.5. The van der Waals surface area contributed by atoms with E-state index in [2.05, 4.69) is 10.1 Å². The summed E-state index contributed by atoms with van der Waals surface area (Å²) >= 11 is 0. The summed E-state index contributed by atoms with van der Waals surface area (Å²) in [6.07, 6.45) is 0. The number of ether oxygens (including phenoxy) is 1. The van der Waals surface area contributed by atoms with Crippen LogP contribution >= 0.6 is 0 Å². The fourth-order valence-corrected chi connectivity index (χ4v) is 1.22. The van der Waals surface area contributed by atoms with Crippen molar-refractivity contribution in [1.29, 1.82) is 0 Å². The van der Waals surface area contributed by atoms with E-state index in [1.807, 2.05) is 0 Å². The van der Waals surface area contributed by atoms with Crippen LogP contribution in [-0.4, -0.2) is 41.3 Å². The molecular weight excluding hydrogens is 242 g/mol. The van der Waals surface area contributed by atoms with Gasteiger partial charge in [-0.1, -0.05) is 0 Å². The number of hydrogen-bond acceptors (Lipinski definition) is 5. The van der Waals surface area contributed by atoms with E-state index in [-0.39, 0.29) is 11.3 Å². The van der Waals surface area contributed by atoms with Crippen molar-refractivity contribution in [3.05, 3.63) is 29.8 Å². The molecule has 0 saturated carbocycles. The van der Waals surface area contributed by atoms with E-state index in [1.54, 1.807) is 0 Å². The van der Waals surface area contributed by atoms with E-state index in [0.29, 0.717) is 0 Å². The van der Waals surface area contributed by atoms with E-state index in [1.165, 1.54) is 31.4 Å². The molecule has 0 aliphatic carbocycles. The second kappa shape index (κ2) is 5.67. The third-order valence-corrected chi connectivity index (χ3v) is 2.11. The molecule has 0 aromatic heterocycles. The SMILES string of the molecule is COC(=O)c1ccc(NC(C(=O)O)C(=O)O)cc1. The Morgan fingerprint density at radius 2 is 1.61 bits per heavy atom. The van der Waals surface area contributed by atoms with Gasteiger partial charge in [0.15, 0.2) is 0 Å². The average Bonchev–Trinajstić information content (AvgIpc) is 2.35. The van der Waals surface area contributed by atoms with Gasteiger partial charge in [0.1, 0.15) is 0 Å². The number of carbonyl (C=O) groups excluding carboxylic acids is 1. The number of rotatable bonds is 5. The fourth-order valence-electron chi connectivity index (χ4n) is 1.22. The van der Waals surface area contributed by atoms with E-state index in [9.17, 15) is 14.4 Å². The highest BCUT2D eigenvalue weighted by Gasteiger charge is 2.25. The van der Waals surface area contributed by atoms with Gasteiger partial charge in [-0.25, -0.2) is 14.4 Å². The largest absolute Gasteiger partial charge is 0.479 e. The molecule has 0 atom stereocenters. The number of hydrogen-bond donors (Lipinski definition) is 3. The van der Waals surface area contributed by atoms with E-state index < -0.39 is 23.9 Å². The van der Waals surface area contributed by atoms with Crippen LogP contribution in [0.4, 0.5) is 5.69 Å². The Kier molecular flexibility index (Phi) is 4.25. The Bertz CT molecular complexity index is 453. The van der Waals surface area contributed by atoms with Crippen LogP contribution in [0, 0.1) is 0 Å². The maximum Gasteiger partial charge on any atom is 0.337 e. The predicted octanol–water partition coefficient (Wildman–Crippen LogP) is 0.423. The molecule has 0 aliphatic rings. The van der Waals surface area contributed by atoms with Crippen LogP contribution in [0.3, 0.4) is 0 Å². The predicted molar refractivity (Wildman–Crippen MR) is 60.5 cm³/mol. The van der Waals surface area contributed by atoms with Crippen LogP contribution in [0.2, 0.25) is 0 Å². The third kappa shape index (κ3) is 3.21. The Morgan fingerprint density at radius 3 is 2.00 bits per heavy atom.